The molecule has 0 saturated heterocycles. The first-order chi connectivity index (χ1) is 9.47. The van der Waals surface area contributed by atoms with Crippen LogP contribution in [0.1, 0.15) is 27.0 Å². The molecule has 20 heavy (non-hydrogen) atoms. The molecule has 1 N–H and O–H groups in total. The topological polar surface area (TPSA) is 46.5 Å². The minimum atomic E-state index is -0.933. The molecule has 4 heteroatoms. The third kappa shape index (κ3) is 3.31. The summed E-state index contributed by atoms with van der Waals surface area (Å²) in [7, 11) is 0. The number of carbonyl (C=O) groups is 1. The summed E-state index contributed by atoms with van der Waals surface area (Å²) in [5.74, 6) is -0.215. The molecular formula is C16H15ClO3. The van der Waals surface area contributed by atoms with E-state index in [4.69, 9.17) is 21.4 Å². The summed E-state index contributed by atoms with van der Waals surface area (Å²) in [5, 5.41) is 9.67. The van der Waals surface area contributed by atoms with Gasteiger partial charge >= 0.3 is 5.97 Å². The van der Waals surface area contributed by atoms with E-state index < -0.39 is 5.97 Å². The Kier molecular flexibility index (Phi) is 4.30. The Morgan fingerprint density at radius 1 is 1.20 bits per heavy atom. The van der Waals surface area contributed by atoms with Gasteiger partial charge in [-0.1, -0.05) is 23.7 Å². The molecule has 0 aromatic heterocycles. The summed E-state index contributed by atoms with van der Waals surface area (Å²) < 4.78 is 5.79. The summed E-state index contributed by atoms with van der Waals surface area (Å²) >= 11 is 5.92. The van der Waals surface area contributed by atoms with Gasteiger partial charge < -0.3 is 9.84 Å². The van der Waals surface area contributed by atoms with Gasteiger partial charge in [0.05, 0.1) is 5.56 Å². The van der Waals surface area contributed by atoms with E-state index in [9.17, 15) is 4.79 Å². The van der Waals surface area contributed by atoms with Crippen LogP contribution in [0.4, 0.5) is 0 Å². The van der Waals surface area contributed by atoms with E-state index >= 15 is 0 Å². The minimum Gasteiger partial charge on any atom is -0.488 e. The van der Waals surface area contributed by atoms with Crippen LogP contribution in [0.15, 0.2) is 36.4 Å². The summed E-state index contributed by atoms with van der Waals surface area (Å²) in [6.45, 7) is 4.08. The maximum atomic E-state index is 11.0. The molecule has 2 aromatic carbocycles. The van der Waals surface area contributed by atoms with Crippen LogP contribution in [0.25, 0.3) is 0 Å². The molecule has 0 amide bonds. The van der Waals surface area contributed by atoms with Gasteiger partial charge in [-0.2, -0.15) is 0 Å². The second-order valence-electron chi connectivity index (χ2n) is 4.66. The lowest BCUT2D eigenvalue weighted by molar-refractivity contribution is 0.0696. The quantitative estimate of drug-likeness (QED) is 0.916. The van der Waals surface area contributed by atoms with Gasteiger partial charge in [0.15, 0.2) is 0 Å². The van der Waals surface area contributed by atoms with Gasteiger partial charge in [-0.25, -0.2) is 4.79 Å². The number of aryl methyl sites for hydroxylation is 2. The van der Waals surface area contributed by atoms with Crippen molar-refractivity contribution in [3.8, 4) is 5.75 Å². The monoisotopic (exact) mass is 290 g/mol. The van der Waals surface area contributed by atoms with Gasteiger partial charge in [0.2, 0.25) is 0 Å². The number of aromatic carboxylic acids is 1. The second-order valence-corrected chi connectivity index (χ2v) is 5.10. The van der Waals surface area contributed by atoms with Crippen LogP contribution in [-0.4, -0.2) is 11.1 Å². The highest BCUT2D eigenvalue weighted by Crippen LogP contribution is 2.26. The number of rotatable bonds is 4. The Morgan fingerprint density at radius 3 is 2.40 bits per heavy atom. The molecule has 0 unspecified atom stereocenters. The van der Waals surface area contributed by atoms with Gasteiger partial charge in [0, 0.05) is 5.02 Å². The highest BCUT2D eigenvalue weighted by molar-refractivity contribution is 6.30. The SMILES string of the molecule is Cc1cc(C(=O)O)cc(C)c1OCc1cccc(Cl)c1. The van der Waals surface area contributed by atoms with Crippen molar-refractivity contribution in [2.24, 2.45) is 0 Å². The molecule has 0 spiro atoms. The highest BCUT2D eigenvalue weighted by atomic mass is 35.5. The first-order valence-electron chi connectivity index (χ1n) is 6.19. The van der Waals surface area contributed by atoms with Crippen LogP contribution in [0.5, 0.6) is 5.75 Å². The van der Waals surface area contributed by atoms with Crippen molar-refractivity contribution in [1.29, 1.82) is 0 Å². The average molecular weight is 291 g/mol. The van der Waals surface area contributed by atoms with E-state index in [0.29, 0.717) is 11.6 Å². The van der Waals surface area contributed by atoms with Crippen LogP contribution in [0.2, 0.25) is 5.02 Å². The Balaban J connectivity index is 2.20. The molecule has 0 saturated carbocycles. The fourth-order valence-electron chi connectivity index (χ4n) is 2.08. The van der Waals surface area contributed by atoms with Crippen molar-refractivity contribution in [2.45, 2.75) is 20.5 Å². The van der Waals surface area contributed by atoms with E-state index in [1.165, 1.54) is 0 Å². The van der Waals surface area contributed by atoms with E-state index in [-0.39, 0.29) is 5.56 Å². The number of hydrogen-bond acceptors (Lipinski definition) is 2. The number of hydrogen-bond donors (Lipinski definition) is 1. The van der Waals surface area contributed by atoms with E-state index in [2.05, 4.69) is 0 Å². The molecule has 2 rings (SSSR count). The zero-order valence-corrected chi connectivity index (χ0v) is 12.1. The molecule has 0 fully saturated rings. The molecule has 3 nitrogen and oxygen atoms in total. The highest BCUT2D eigenvalue weighted by Gasteiger charge is 2.10. The predicted molar refractivity (Wildman–Crippen MR) is 78.7 cm³/mol. The standard InChI is InChI=1S/C16H15ClO3/c1-10-6-13(16(18)19)7-11(2)15(10)20-9-12-4-3-5-14(17)8-12/h3-8H,9H2,1-2H3,(H,18,19). The van der Waals surface area contributed by atoms with E-state index in [0.717, 1.165) is 22.4 Å². The number of carboxylic acid groups (broad SMARTS) is 1. The molecule has 0 radical (unpaired) electrons. The van der Waals surface area contributed by atoms with Crippen molar-refractivity contribution >= 4 is 17.6 Å². The molecular weight excluding hydrogens is 276 g/mol. The third-order valence-electron chi connectivity index (χ3n) is 2.98. The molecule has 0 aliphatic rings. The summed E-state index contributed by atoms with van der Waals surface area (Å²) in [6, 6.07) is 10.7. The summed E-state index contributed by atoms with van der Waals surface area (Å²) in [4.78, 5) is 11.0. The molecule has 0 bridgehead atoms. The molecule has 0 atom stereocenters. The fourth-order valence-corrected chi connectivity index (χ4v) is 2.30. The van der Waals surface area contributed by atoms with Crippen molar-refractivity contribution < 1.29 is 14.6 Å². The second kappa shape index (κ2) is 5.97. The lowest BCUT2D eigenvalue weighted by atomic mass is 10.1. The van der Waals surface area contributed by atoms with Crippen molar-refractivity contribution in [2.75, 3.05) is 0 Å². The number of halogens is 1. The molecule has 2 aromatic rings. The number of ether oxygens (including phenoxy) is 1. The zero-order chi connectivity index (χ0) is 14.7. The van der Waals surface area contributed by atoms with Gasteiger partial charge in [-0.15, -0.1) is 0 Å². The maximum absolute atomic E-state index is 11.0. The fraction of sp³-hybridized carbons (Fsp3) is 0.188. The van der Waals surface area contributed by atoms with E-state index in [1.807, 2.05) is 38.1 Å². The van der Waals surface area contributed by atoms with Gasteiger partial charge in [-0.3, -0.25) is 0 Å². The van der Waals surface area contributed by atoms with Gasteiger partial charge in [-0.05, 0) is 54.8 Å². The maximum Gasteiger partial charge on any atom is 0.335 e. The molecule has 0 aliphatic heterocycles. The van der Waals surface area contributed by atoms with Crippen LogP contribution in [0.3, 0.4) is 0 Å². The van der Waals surface area contributed by atoms with Crippen molar-refractivity contribution in [3.05, 3.63) is 63.7 Å². The molecule has 104 valence electrons. The van der Waals surface area contributed by atoms with Gasteiger partial charge in [0.1, 0.15) is 12.4 Å². The first kappa shape index (κ1) is 14.4. The van der Waals surface area contributed by atoms with Crippen molar-refractivity contribution in [1.82, 2.24) is 0 Å². The first-order valence-corrected chi connectivity index (χ1v) is 6.57. The Bertz CT molecular complexity index is 627. The summed E-state index contributed by atoms with van der Waals surface area (Å²) in [5.41, 5.74) is 2.86. The van der Waals surface area contributed by atoms with Crippen molar-refractivity contribution in [3.63, 3.8) is 0 Å². The zero-order valence-electron chi connectivity index (χ0n) is 11.3. The largest absolute Gasteiger partial charge is 0.488 e. The lowest BCUT2D eigenvalue weighted by Crippen LogP contribution is -2.03. The van der Waals surface area contributed by atoms with Crippen LogP contribution >= 0.6 is 11.6 Å². The minimum absolute atomic E-state index is 0.273. The number of benzene rings is 2. The van der Waals surface area contributed by atoms with Crippen LogP contribution < -0.4 is 4.74 Å². The number of carboxylic acids is 1. The average Bonchev–Trinajstić information content (AvgIpc) is 2.37. The Hall–Kier alpha value is -2.00. The van der Waals surface area contributed by atoms with Crippen LogP contribution in [0, 0.1) is 13.8 Å². The van der Waals surface area contributed by atoms with Gasteiger partial charge in [0.25, 0.3) is 0 Å². The predicted octanol–water partition coefficient (Wildman–Crippen LogP) is 4.23. The third-order valence-corrected chi connectivity index (χ3v) is 3.21. The Labute approximate surface area is 122 Å². The lowest BCUT2D eigenvalue weighted by Gasteiger charge is -2.13. The summed E-state index contributed by atoms with van der Waals surface area (Å²) in [6.07, 6.45) is 0. The normalized spacial score (nSPS) is 10.3. The van der Waals surface area contributed by atoms with E-state index in [1.54, 1.807) is 12.1 Å². The smallest absolute Gasteiger partial charge is 0.335 e. The Morgan fingerprint density at radius 2 is 1.85 bits per heavy atom. The van der Waals surface area contributed by atoms with Crippen LogP contribution in [-0.2, 0) is 6.61 Å². The molecule has 0 aliphatic carbocycles. The molecule has 0 heterocycles.